The molecule has 1 aliphatic heterocycles. The predicted molar refractivity (Wildman–Crippen MR) is 109 cm³/mol. The maximum absolute atomic E-state index is 12.1. The van der Waals surface area contributed by atoms with Gasteiger partial charge in [0.1, 0.15) is 23.5 Å². The van der Waals surface area contributed by atoms with Gasteiger partial charge in [-0.1, -0.05) is 5.16 Å². The van der Waals surface area contributed by atoms with E-state index in [-0.39, 0.29) is 0 Å². The minimum atomic E-state index is -3.41. The van der Waals surface area contributed by atoms with Crippen LogP contribution in [0.3, 0.4) is 0 Å². The molecular formula is C18H17N5O3S2. The molecule has 0 N–H and O–H groups in total. The molecule has 4 rings (SSSR count). The van der Waals surface area contributed by atoms with E-state index in [9.17, 15) is 8.42 Å². The lowest BCUT2D eigenvalue weighted by Crippen LogP contribution is -2.37. The summed E-state index contributed by atoms with van der Waals surface area (Å²) in [6.45, 7) is 0.306. The topological polar surface area (TPSA) is 97.6 Å². The first kappa shape index (κ1) is 18.5. The van der Waals surface area contributed by atoms with Crippen LogP contribution in [0.4, 0.5) is 5.69 Å². The maximum atomic E-state index is 12.1. The fraction of sp³-hybridized carbons (Fsp3) is 0.222. The van der Waals surface area contributed by atoms with Crippen molar-refractivity contribution in [1.82, 2.24) is 15.0 Å². The fourth-order valence-electron chi connectivity index (χ4n) is 3.01. The quantitative estimate of drug-likeness (QED) is 0.608. The lowest BCUT2D eigenvalue weighted by molar-refractivity contribution is 0.212. The molecule has 0 spiro atoms. The first-order valence-corrected chi connectivity index (χ1v) is 11.1. The van der Waals surface area contributed by atoms with Crippen LogP contribution in [0.2, 0.25) is 0 Å². The number of rotatable bonds is 4. The van der Waals surface area contributed by atoms with E-state index >= 15 is 0 Å². The molecule has 0 unspecified atom stereocenters. The van der Waals surface area contributed by atoms with E-state index in [1.165, 1.54) is 29.0 Å². The number of nitrogens with zero attached hydrogens (tertiary/aromatic N) is 5. The van der Waals surface area contributed by atoms with Crippen LogP contribution in [0.5, 0.6) is 0 Å². The highest BCUT2D eigenvalue weighted by atomic mass is 32.2. The SMILES string of the molecule is CO/N=C1\CCN(S(C)(=O)=O)c2ccc(-c3cnc(-c4cccnc4)s3)nc21. The Morgan fingerprint density at radius 1 is 1.25 bits per heavy atom. The summed E-state index contributed by atoms with van der Waals surface area (Å²) >= 11 is 1.49. The molecule has 0 aliphatic carbocycles. The summed E-state index contributed by atoms with van der Waals surface area (Å²) in [5.41, 5.74) is 3.26. The Labute approximate surface area is 166 Å². The average Bonchev–Trinajstić information content (AvgIpc) is 3.18. The van der Waals surface area contributed by atoms with Crippen LogP contribution in [0.25, 0.3) is 21.1 Å². The van der Waals surface area contributed by atoms with Gasteiger partial charge in [-0.05, 0) is 24.3 Å². The van der Waals surface area contributed by atoms with Crippen molar-refractivity contribution >= 4 is 32.8 Å². The van der Waals surface area contributed by atoms with Gasteiger partial charge in [-0.2, -0.15) is 0 Å². The number of sulfonamides is 1. The van der Waals surface area contributed by atoms with Gasteiger partial charge in [0.25, 0.3) is 0 Å². The minimum Gasteiger partial charge on any atom is -0.399 e. The predicted octanol–water partition coefficient (Wildman–Crippen LogP) is 2.79. The van der Waals surface area contributed by atoms with Gasteiger partial charge in [0, 0.05) is 37.1 Å². The molecular weight excluding hydrogens is 398 g/mol. The molecule has 28 heavy (non-hydrogen) atoms. The summed E-state index contributed by atoms with van der Waals surface area (Å²) in [7, 11) is -1.95. The summed E-state index contributed by atoms with van der Waals surface area (Å²) < 4.78 is 25.6. The van der Waals surface area contributed by atoms with Crippen LogP contribution < -0.4 is 4.31 Å². The molecule has 0 amide bonds. The number of aromatic nitrogens is 3. The number of pyridine rings is 2. The zero-order chi connectivity index (χ0) is 19.7. The number of fused-ring (bicyclic) bond motifs is 1. The van der Waals surface area contributed by atoms with E-state index < -0.39 is 10.0 Å². The number of oxime groups is 1. The lowest BCUT2D eigenvalue weighted by atomic mass is 10.1. The zero-order valence-electron chi connectivity index (χ0n) is 15.2. The Morgan fingerprint density at radius 2 is 2.11 bits per heavy atom. The molecule has 0 atom stereocenters. The second-order valence-electron chi connectivity index (χ2n) is 6.14. The van der Waals surface area contributed by atoms with Crippen molar-refractivity contribution in [1.29, 1.82) is 0 Å². The second-order valence-corrected chi connectivity index (χ2v) is 9.08. The van der Waals surface area contributed by atoms with Gasteiger partial charge in [0.05, 0.1) is 22.5 Å². The number of anilines is 1. The molecule has 3 aromatic rings. The zero-order valence-corrected chi connectivity index (χ0v) is 16.9. The van der Waals surface area contributed by atoms with E-state index in [1.54, 1.807) is 30.7 Å². The van der Waals surface area contributed by atoms with Gasteiger partial charge < -0.3 is 4.84 Å². The Morgan fingerprint density at radius 3 is 2.82 bits per heavy atom. The number of hydrogen-bond acceptors (Lipinski definition) is 8. The van der Waals surface area contributed by atoms with Gasteiger partial charge in [0.15, 0.2) is 0 Å². The van der Waals surface area contributed by atoms with Crippen molar-refractivity contribution < 1.29 is 13.3 Å². The smallest absolute Gasteiger partial charge is 0.232 e. The summed E-state index contributed by atoms with van der Waals surface area (Å²) in [6, 6.07) is 7.36. The van der Waals surface area contributed by atoms with Crippen LogP contribution in [-0.4, -0.2) is 49.0 Å². The molecule has 3 aromatic heterocycles. The molecule has 0 bridgehead atoms. The third-order valence-corrected chi connectivity index (χ3v) is 6.48. The van der Waals surface area contributed by atoms with Gasteiger partial charge in [0.2, 0.25) is 10.0 Å². The maximum Gasteiger partial charge on any atom is 0.232 e. The van der Waals surface area contributed by atoms with Gasteiger partial charge in [-0.15, -0.1) is 11.3 Å². The van der Waals surface area contributed by atoms with Crippen molar-refractivity contribution in [3.05, 3.63) is 48.5 Å². The largest absolute Gasteiger partial charge is 0.399 e. The van der Waals surface area contributed by atoms with Crippen molar-refractivity contribution in [2.45, 2.75) is 6.42 Å². The van der Waals surface area contributed by atoms with Crippen LogP contribution in [0, 0.1) is 0 Å². The van der Waals surface area contributed by atoms with Crippen molar-refractivity contribution in [3.8, 4) is 21.1 Å². The van der Waals surface area contributed by atoms with Gasteiger partial charge in [-0.25, -0.2) is 18.4 Å². The molecule has 0 saturated heterocycles. The van der Waals surface area contributed by atoms with Gasteiger partial charge >= 0.3 is 0 Å². The molecule has 1 aliphatic rings. The number of hydrogen-bond donors (Lipinski definition) is 0. The van der Waals surface area contributed by atoms with Crippen LogP contribution in [0.1, 0.15) is 12.1 Å². The van der Waals surface area contributed by atoms with E-state index in [4.69, 9.17) is 9.82 Å². The first-order chi connectivity index (χ1) is 13.5. The molecule has 8 nitrogen and oxygen atoms in total. The van der Waals surface area contributed by atoms with E-state index in [1.807, 2.05) is 12.1 Å². The Bertz CT molecular complexity index is 1140. The molecule has 0 fully saturated rings. The lowest BCUT2D eigenvalue weighted by Gasteiger charge is -2.29. The van der Waals surface area contributed by atoms with Crippen LogP contribution in [-0.2, 0) is 14.9 Å². The Kier molecular flexibility index (Phi) is 4.82. The Balaban J connectivity index is 1.78. The molecule has 0 saturated carbocycles. The standard InChI is InChI=1S/C18H17N5O3S2/c1-26-22-14-7-9-23(28(2,24)25)15-6-5-13(21-17(14)15)16-11-20-18(27-16)12-4-3-8-19-10-12/h3-6,8,10-11H,7,9H2,1-2H3/b22-14+. The summed E-state index contributed by atoms with van der Waals surface area (Å²) in [6.07, 6.45) is 6.84. The monoisotopic (exact) mass is 415 g/mol. The van der Waals surface area contributed by atoms with E-state index in [0.29, 0.717) is 35.8 Å². The van der Waals surface area contributed by atoms with Crippen LogP contribution in [0.15, 0.2) is 48.0 Å². The normalized spacial score (nSPS) is 15.5. The second kappa shape index (κ2) is 7.28. The molecule has 4 heterocycles. The van der Waals surface area contributed by atoms with Crippen molar-refractivity contribution in [2.75, 3.05) is 24.2 Å². The minimum absolute atomic E-state index is 0.306. The highest BCUT2D eigenvalue weighted by Crippen LogP contribution is 2.34. The van der Waals surface area contributed by atoms with Gasteiger partial charge in [-0.3, -0.25) is 9.29 Å². The molecule has 144 valence electrons. The third kappa shape index (κ3) is 3.48. The highest BCUT2D eigenvalue weighted by Gasteiger charge is 2.29. The summed E-state index contributed by atoms with van der Waals surface area (Å²) in [5, 5.41) is 4.88. The summed E-state index contributed by atoms with van der Waals surface area (Å²) in [5.74, 6) is 0. The van der Waals surface area contributed by atoms with Crippen molar-refractivity contribution in [3.63, 3.8) is 0 Å². The average molecular weight is 416 g/mol. The molecule has 10 heteroatoms. The number of thiazole rings is 1. The first-order valence-electron chi connectivity index (χ1n) is 8.43. The summed E-state index contributed by atoms with van der Waals surface area (Å²) in [4.78, 5) is 19.1. The molecule has 0 radical (unpaired) electrons. The fourth-order valence-corrected chi connectivity index (χ4v) is 4.81. The van der Waals surface area contributed by atoms with E-state index in [2.05, 4.69) is 15.1 Å². The Hall–Kier alpha value is -2.85. The van der Waals surface area contributed by atoms with Crippen LogP contribution >= 0.6 is 11.3 Å². The molecule has 0 aromatic carbocycles. The third-order valence-electron chi connectivity index (χ3n) is 4.24. The highest BCUT2D eigenvalue weighted by molar-refractivity contribution is 7.92. The van der Waals surface area contributed by atoms with E-state index in [0.717, 1.165) is 15.4 Å². The van der Waals surface area contributed by atoms with Crippen molar-refractivity contribution in [2.24, 2.45) is 5.16 Å².